The average molecular weight is 332 g/mol. The van der Waals surface area contributed by atoms with Crippen LogP contribution >= 0.6 is 0 Å². The number of carbonyl (C=O) groups excluding carboxylic acids is 1. The van der Waals surface area contributed by atoms with Gasteiger partial charge < -0.3 is 20.3 Å². The lowest BCUT2D eigenvalue weighted by Crippen LogP contribution is -2.47. The molecule has 6 nitrogen and oxygen atoms in total. The number of benzene rings is 1. The molecular weight excluding hydrogens is 304 g/mol. The maximum Gasteiger partial charge on any atom is 0.222 e. The third-order valence-electron chi connectivity index (χ3n) is 4.05. The number of nitrogens with zero attached hydrogens (tertiary/aromatic N) is 2. The molecule has 1 aromatic carbocycles. The second kappa shape index (κ2) is 9.15. The lowest BCUT2D eigenvalue weighted by Gasteiger charge is -2.20. The highest BCUT2D eigenvalue weighted by Gasteiger charge is 2.25. The number of likely N-dealkylation sites (tertiary alicyclic amines) is 1. The van der Waals surface area contributed by atoms with Gasteiger partial charge in [-0.25, -0.2) is 0 Å². The van der Waals surface area contributed by atoms with Crippen molar-refractivity contribution < 1.29 is 9.53 Å². The van der Waals surface area contributed by atoms with Crippen LogP contribution in [0.4, 0.5) is 0 Å². The summed E-state index contributed by atoms with van der Waals surface area (Å²) in [6.07, 6.45) is 1.53. The fourth-order valence-corrected chi connectivity index (χ4v) is 2.73. The fourth-order valence-electron chi connectivity index (χ4n) is 2.73. The number of guanidine groups is 1. The fraction of sp³-hybridized carbons (Fsp3) is 0.556. The first-order valence-electron chi connectivity index (χ1n) is 8.59. The highest BCUT2D eigenvalue weighted by Crippen LogP contribution is 2.11. The zero-order valence-corrected chi connectivity index (χ0v) is 14.8. The summed E-state index contributed by atoms with van der Waals surface area (Å²) >= 11 is 0. The summed E-state index contributed by atoms with van der Waals surface area (Å²) in [6.45, 7) is 6.12. The van der Waals surface area contributed by atoms with E-state index in [1.165, 1.54) is 0 Å². The van der Waals surface area contributed by atoms with Crippen LogP contribution in [0.2, 0.25) is 0 Å². The summed E-state index contributed by atoms with van der Waals surface area (Å²) in [6, 6.07) is 10.0. The monoisotopic (exact) mass is 332 g/mol. The number of ether oxygens (including phenoxy) is 1. The van der Waals surface area contributed by atoms with E-state index in [1.54, 1.807) is 7.05 Å². The van der Waals surface area contributed by atoms with E-state index in [0.29, 0.717) is 13.0 Å². The minimum absolute atomic E-state index is 0.0210. The lowest BCUT2D eigenvalue weighted by molar-refractivity contribution is -0.129. The van der Waals surface area contributed by atoms with E-state index in [-0.39, 0.29) is 18.1 Å². The molecule has 1 aliphatic heterocycles. The largest absolute Gasteiger partial charge is 0.489 e. The number of aliphatic imine (C=N–C) groups is 1. The van der Waals surface area contributed by atoms with Crippen molar-refractivity contribution in [2.45, 2.75) is 38.8 Å². The highest BCUT2D eigenvalue weighted by molar-refractivity contribution is 5.80. The Hall–Kier alpha value is -2.24. The molecule has 0 radical (unpaired) electrons. The summed E-state index contributed by atoms with van der Waals surface area (Å²) in [5.74, 6) is 1.82. The Balaban J connectivity index is 1.74. The van der Waals surface area contributed by atoms with Crippen LogP contribution < -0.4 is 15.4 Å². The van der Waals surface area contributed by atoms with Gasteiger partial charge in [0, 0.05) is 32.6 Å². The zero-order valence-electron chi connectivity index (χ0n) is 14.8. The topological polar surface area (TPSA) is 66.0 Å². The Morgan fingerprint density at radius 2 is 2.17 bits per heavy atom. The molecule has 1 aromatic rings. The third-order valence-corrected chi connectivity index (χ3v) is 4.05. The predicted octanol–water partition coefficient (Wildman–Crippen LogP) is 1.63. The SMILES string of the molecule is CCC(=O)N1CCC(NC(=NC)NCC(C)Oc2ccccc2)C1. The average Bonchev–Trinajstić information content (AvgIpc) is 3.07. The van der Waals surface area contributed by atoms with Crippen LogP contribution in [0.25, 0.3) is 0 Å². The number of hydrogen-bond acceptors (Lipinski definition) is 3. The van der Waals surface area contributed by atoms with E-state index >= 15 is 0 Å². The standard InChI is InChI=1S/C18H28N4O2/c1-4-17(23)22-11-10-15(13-22)21-18(19-3)20-12-14(2)24-16-8-6-5-7-9-16/h5-9,14-15H,4,10-13H2,1-3H3,(H2,19,20,21). The molecule has 1 saturated heterocycles. The van der Waals surface area contributed by atoms with Crippen molar-refractivity contribution in [3.8, 4) is 5.75 Å². The lowest BCUT2D eigenvalue weighted by atomic mass is 10.3. The Morgan fingerprint density at radius 3 is 2.83 bits per heavy atom. The summed E-state index contributed by atoms with van der Waals surface area (Å²) in [5.41, 5.74) is 0. The summed E-state index contributed by atoms with van der Waals surface area (Å²) in [7, 11) is 1.75. The van der Waals surface area contributed by atoms with E-state index in [4.69, 9.17) is 4.74 Å². The molecule has 6 heteroatoms. The molecule has 2 unspecified atom stereocenters. The smallest absolute Gasteiger partial charge is 0.222 e. The molecule has 2 rings (SSSR count). The second-order valence-corrected chi connectivity index (χ2v) is 6.02. The van der Waals surface area contributed by atoms with Gasteiger partial charge in [-0.1, -0.05) is 25.1 Å². The van der Waals surface area contributed by atoms with Gasteiger partial charge >= 0.3 is 0 Å². The van der Waals surface area contributed by atoms with E-state index in [1.807, 2.05) is 49.1 Å². The van der Waals surface area contributed by atoms with Crippen molar-refractivity contribution in [2.24, 2.45) is 4.99 Å². The quantitative estimate of drug-likeness (QED) is 0.614. The van der Waals surface area contributed by atoms with Crippen molar-refractivity contribution in [3.63, 3.8) is 0 Å². The van der Waals surface area contributed by atoms with Gasteiger partial charge in [-0.05, 0) is 25.5 Å². The Labute approximate surface area is 144 Å². The minimum atomic E-state index is 0.0210. The van der Waals surface area contributed by atoms with Crippen molar-refractivity contribution in [2.75, 3.05) is 26.7 Å². The van der Waals surface area contributed by atoms with Crippen LogP contribution in [0.15, 0.2) is 35.3 Å². The number of hydrogen-bond donors (Lipinski definition) is 2. The molecule has 0 aromatic heterocycles. The molecule has 24 heavy (non-hydrogen) atoms. The van der Waals surface area contributed by atoms with Gasteiger partial charge in [0.1, 0.15) is 11.9 Å². The van der Waals surface area contributed by atoms with Gasteiger partial charge in [0.2, 0.25) is 5.91 Å². The van der Waals surface area contributed by atoms with Crippen molar-refractivity contribution in [1.82, 2.24) is 15.5 Å². The molecule has 2 atom stereocenters. The maximum atomic E-state index is 11.7. The molecule has 132 valence electrons. The first-order valence-corrected chi connectivity index (χ1v) is 8.59. The third kappa shape index (κ3) is 5.44. The van der Waals surface area contributed by atoms with Crippen molar-refractivity contribution in [1.29, 1.82) is 0 Å². The normalized spacial score (nSPS) is 19.0. The molecular formula is C18H28N4O2. The highest BCUT2D eigenvalue weighted by atomic mass is 16.5. The molecule has 2 N–H and O–H groups in total. The Morgan fingerprint density at radius 1 is 1.42 bits per heavy atom. The van der Waals surface area contributed by atoms with Crippen LogP contribution in [0.1, 0.15) is 26.7 Å². The van der Waals surface area contributed by atoms with Crippen LogP contribution in [-0.2, 0) is 4.79 Å². The summed E-state index contributed by atoms with van der Waals surface area (Å²) in [5, 5.41) is 6.67. The maximum absolute atomic E-state index is 11.7. The number of carbonyl (C=O) groups is 1. The molecule has 0 spiro atoms. The number of nitrogens with one attached hydrogen (secondary N) is 2. The first-order chi connectivity index (χ1) is 11.6. The van der Waals surface area contributed by atoms with Crippen LogP contribution in [0.5, 0.6) is 5.75 Å². The van der Waals surface area contributed by atoms with Crippen molar-refractivity contribution in [3.05, 3.63) is 30.3 Å². The molecule has 1 fully saturated rings. The summed E-state index contributed by atoms with van der Waals surface area (Å²) in [4.78, 5) is 17.9. The van der Waals surface area contributed by atoms with Gasteiger partial charge in [-0.15, -0.1) is 0 Å². The van der Waals surface area contributed by atoms with Gasteiger partial charge in [0.25, 0.3) is 0 Å². The second-order valence-electron chi connectivity index (χ2n) is 6.02. The van der Waals surface area contributed by atoms with Crippen LogP contribution in [0.3, 0.4) is 0 Å². The Bertz CT molecular complexity index is 547. The van der Waals surface area contributed by atoms with Crippen molar-refractivity contribution >= 4 is 11.9 Å². The summed E-state index contributed by atoms with van der Waals surface area (Å²) < 4.78 is 5.84. The molecule has 0 aliphatic carbocycles. The number of para-hydroxylation sites is 1. The van der Waals surface area contributed by atoms with Crippen LogP contribution in [-0.4, -0.2) is 55.6 Å². The number of amides is 1. The molecule has 0 bridgehead atoms. The van der Waals surface area contributed by atoms with Gasteiger partial charge in [-0.2, -0.15) is 0 Å². The first kappa shape index (κ1) is 18.1. The van der Waals surface area contributed by atoms with Gasteiger partial charge in [-0.3, -0.25) is 9.79 Å². The molecule has 1 amide bonds. The Kier molecular flexibility index (Phi) is 6.90. The zero-order chi connectivity index (χ0) is 17.4. The van der Waals surface area contributed by atoms with E-state index in [0.717, 1.165) is 31.2 Å². The molecule has 1 heterocycles. The van der Waals surface area contributed by atoms with E-state index in [9.17, 15) is 4.79 Å². The number of rotatable bonds is 6. The van der Waals surface area contributed by atoms with Gasteiger partial charge in [0.05, 0.1) is 6.54 Å². The molecule has 1 aliphatic rings. The van der Waals surface area contributed by atoms with E-state index < -0.39 is 0 Å². The van der Waals surface area contributed by atoms with E-state index in [2.05, 4.69) is 15.6 Å². The predicted molar refractivity (Wildman–Crippen MR) is 96.3 cm³/mol. The molecule has 0 saturated carbocycles. The van der Waals surface area contributed by atoms with Gasteiger partial charge in [0.15, 0.2) is 5.96 Å². The minimum Gasteiger partial charge on any atom is -0.489 e. The van der Waals surface area contributed by atoms with Crippen LogP contribution in [0, 0.1) is 0 Å².